The molecule has 1 aromatic carbocycles. The minimum atomic E-state index is -0.352. The molecule has 5 nitrogen and oxygen atoms in total. The Morgan fingerprint density at radius 3 is 2.81 bits per heavy atom. The monoisotopic (exact) mass is 292 g/mol. The molecule has 0 radical (unpaired) electrons. The summed E-state index contributed by atoms with van der Waals surface area (Å²) >= 11 is 0. The van der Waals surface area contributed by atoms with E-state index in [1.165, 1.54) is 13.2 Å². The fourth-order valence-corrected chi connectivity index (χ4v) is 2.35. The van der Waals surface area contributed by atoms with E-state index in [9.17, 15) is 4.39 Å². The van der Waals surface area contributed by atoms with Gasteiger partial charge in [0.05, 0.1) is 7.11 Å². The lowest BCUT2D eigenvalue weighted by Crippen LogP contribution is -2.24. The third-order valence-electron chi connectivity index (χ3n) is 3.41. The lowest BCUT2D eigenvalue weighted by molar-refractivity contribution is 0.385. The molecule has 0 aliphatic heterocycles. The number of likely N-dealkylation sites (N-methyl/N-ethyl adjacent to an activating group) is 1. The van der Waals surface area contributed by atoms with Crippen LogP contribution in [0.25, 0.3) is 0 Å². The predicted octanol–water partition coefficient (Wildman–Crippen LogP) is 2.34. The van der Waals surface area contributed by atoms with Crippen LogP contribution in [0.2, 0.25) is 0 Å². The van der Waals surface area contributed by atoms with Crippen molar-refractivity contribution in [2.24, 2.45) is 0 Å². The highest BCUT2D eigenvalue weighted by molar-refractivity contribution is 5.31. The van der Waals surface area contributed by atoms with Crippen LogP contribution >= 0.6 is 0 Å². The van der Waals surface area contributed by atoms with Crippen LogP contribution in [0.15, 0.2) is 24.5 Å². The molecule has 2 rings (SSSR count). The predicted molar refractivity (Wildman–Crippen MR) is 78.8 cm³/mol. The van der Waals surface area contributed by atoms with Gasteiger partial charge in [-0.3, -0.25) is 4.68 Å². The highest BCUT2D eigenvalue weighted by Gasteiger charge is 2.16. The lowest BCUT2D eigenvalue weighted by Gasteiger charge is -2.18. The van der Waals surface area contributed by atoms with Crippen molar-refractivity contribution in [2.75, 3.05) is 13.7 Å². The van der Waals surface area contributed by atoms with Gasteiger partial charge in [-0.25, -0.2) is 9.37 Å². The smallest absolute Gasteiger partial charge is 0.165 e. The molecule has 6 heteroatoms. The Balaban J connectivity index is 2.24. The molecule has 2 aromatic rings. The fourth-order valence-electron chi connectivity index (χ4n) is 2.35. The zero-order chi connectivity index (χ0) is 15.2. The van der Waals surface area contributed by atoms with Crippen LogP contribution in [0, 0.1) is 5.82 Å². The van der Waals surface area contributed by atoms with E-state index in [0.29, 0.717) is 6.42 Å². The first-order valence-corrected chi connectivity index (χ1v) is 7.13. The molecule has 114 valence electrons. The Hall–Kier alpha value is -1.95. The average molecular weight is 292 g/mol. The molecule has 1 heterocycles. The van der Waals surface area contributed by atoms with Crippen LogP contribution in [-0.2, 0) is 13.0 Å². The highest BCUT2D eigenvalue weighted by Crippen LogP contribution is 2.23. The number of ether oxygens (including phenoxy) is 1. The molecule has 0 bridgehead atoms. The van der Waals surface area contributed by atoms with Crippen LogP contribution in [0.1, 0.15) is 31.3 Å². The standard InChI is InChI=1S/C15H21FN4O/c1-4-17-13(9-15-18-10-19-20(15)5-2)11-6-7-14(21-3)12(16)8-11/h6-8,10,13,17H,4-5,9H2,1-3H3. The summed E-state index contributed by atoms with van der Waals surface area (Å²) < 4.78 is 20.7. The number of aromatic nitrogens is 3. The number of methoxy groups -OCH3 is 1. The molecule has 0 spiro atoms. The van der Waals surface area contributed by atoms with Gasteiger partial charge in [0, 0.05) is 19.0 Å². The van der Waals surface area contributed by atoms with E-state index < -0.39 is 0 Å². The fraction of sp³-hybridized carbons (Fsp3) is 0.467. The maximum atomic E-state index is 13.9. The second kappa shape index (κ2) is 7.17. The third-order valence-corrected chi connectivity index (χ3v) is 3.41. The number of hydrogen-bond donors (Lipinski definition) is 1. The van der Waals surface area contributed by atoms with Crippen molar-refractivity contribution in [1.29, 1.82) is 0 Å². The normalized spacial score (nSPS) is 12.4. The van der Waals surface area contributed by atoms with Gasteiger partial charge < -0.3 is 10.1 Å². The molecule has 0 aliphatic carbocycles. The Morgan fingerprint density at radius 2 is 2.19 bits per heavy atom. The van der Waals surface area contributed by atoms with Crippen molar-refractivity contribution in [2.45, 2.75) is 32.9 Å². The maximum absolute atomic E-state index is 13.9. The second-order valence-corrected chi connectivity index (χ2v) is 4.70. The van der Waals surface area contributed by atoms with Gasteiger partial charge >= 0.3 is 0 Å². The first-order chi connectivity index (χ1) is 10.2. The molecular weight excluding hydrogens is 271 g/mol. The van der Waals surface area contributed by atoms with E-state index in [0.717, 1.165) is 24.5 Å². The number of halogens is 1. The van der Waals surface area contributed by atoms with Gasteiger partial charge in [-0.05, 0) is 31.2 Å². The quantitative estimate of drug-likeness (QED) is 0.851. The summed E-state index contributed by atoms with van der Waals surface area (Å²) in [5.74, 6) is 0.792. The first-order valence-electron chi connectivity index (χ1n) is 7.13. The van der Waals surface area contributed by atoms with E-state index in [1.54, 1.807) is 12.4 Å². The van der Waals surface area contributed by atoms with E-state index in [-0.39, 0.29) is 17.6 Å². The summed E-state index contributed by atoms with van der Waals surface area (Å²) in [4.78, 5) is 4.28. The van der Waals surface area contributed by atoms with Gasteiger partial charge in [-0.1, -0.05) is 13.0 Å². The van der Waals surface area contributed by atoms with Crippen molar-refractivity contribution in [3.8, 4) is 5.75 Å². The van der Waals surface area contributed by atoms with Gasteiger partial charge in [0.2, 0.25) is 0 Å². The van der Waals surface area contributed by atoms with Crippen molar-refractivity contribution in [1.82, 2.24) is 20.1 Å². The zero-order valence-corrected chi connectivity index (χ0v) is 12.6. The van der Waals surface area contributed by atoms with E-state index >= 15 is 0 Å². The third kappa shape index (κ3) is 3.58. The van der Waals surface area contributed by atoms with Crippen LogP contribution in [0.5, 0.6) is 5.75 Å². The molecule has 0 saturated heterocycles. The number of aryl methyl sites for hydroxylation is 1. The topological polar surface area (TPSA) is 52.0 Å². The van der Waals surface area contributed by atoms with Gasteiger partial charge in [-0.15, -0.1) is 0 Å². The zero-order valence-electron chi connectivity index (χ0n) is 12.6. The van der Waals surface area contributed by atoms with Crippen molar-refractivity contribution in [3.05, 3.63) is 41.7 Å². The lowest BCUT2D eigenvalue weighted by atomic mass is 10.0. The summed E-state index contributed by atoms with van der Waals surface area (Å²) in [6.07, 6.45) is 2.21. The number of benzene rings is 1. The Bertz CT molecular complexity index is 585. The molecule has 1 aromatic heterocycles. The van der Waals surface area contributed by atoms with E-state index in [1.807, 2.05) is 24.6 Å². The van der Waals surface area contributed by atoms with Gasteiger partial charge in [0.25, 0.3) is 0 Å². The van der Waals surface area contributed by atoms with E-state index in [4.69, 9.17) is 4.74 Å². The molecule has 0 amide bonds. The molecule has 0 saturated carbocycles. The van der Waals surface area contributed by atoms with Crippen LogP contribution in [0.4, 0.5) is 4.39 Å². The Morgan fingerprint density at radius 1 is 1.38 bits per heavy atom. The number of hydrogen-bond acceptors (Lipinski definition) is 4. The van der Waals surface area contributed by atoms with Gasteiger partial charge in [-0.2, -0.15) is 5.10 Å². The number of nitrogens with zero attached hydrogens (tertiary/aromatic N) is 3. The first kappa shape index (κ1) is 15.4. The average Bonchev–Trinajstić information content (AvgIpc) is 2.94. The Labute approximate surface area is 124 Å². The highest BCUT2D eigenvalue weighted by atomic mass is 19.1. The Kier molecular flexibility index (Phi) is 5.27. The minimum Gasteiger partial charge on any atom is -0.494 e. The summed E-state index contributed by atoms with van der Waals surface area (Å²) in [5, 5.41) is 7.53. The largest absolute Gasteiger partial charge is 0.494 e. The van der Waals surface area contributed by atoms with Crippen molar-refractivity contribution < 1.29 is 9.13 Å². The van der Waals surface area contributed by atoms with Crippen molar-refractivity contribution in [3.63, 3.8) is 0 Å². The second-order valence-electron chi connectivity index (χ2n) is 4.70. The number of nitrogens with one attached hydrogen (secondary N) is 1. The van der Waals surface area contributed by atoms with E-state index in [2.05, 4.69) is 15.4 Å². The molecule has 1 atom stereocenters. The maximum Gasteiger partial charge on any atom is 0.165 e. The molecule has 1 unspecified atom stereocenters. The SMILES string of the molecule is CCNC(Cc1ncnn1CC)c1ccc(OC)c(F)c1. The van der Waals surface area contributed by atoms with Gasteiger partial charge in [0.15, 0.2) is 11.6 Å². The molecule has 0 fully saturated rings. The van der Waals surface area contributed by atoms with Gasteiger partial charge in [0.1, 0.15) is 12.2 Å². The molecular formula is C15H21FN4O. The van der Waals surface area contributed by atoms with Crippen LogP contribution < -0.4 is 10.1 Å². The summed E-state index contributed by atoms with van der Waals surface area (Å²) in [6.45, 7) is 5.61. The van der Waals surface area contributed by atoms with Crippen LogP contribution in [0.3, 0.4) is 0 Å². The minimum absolute atomic E-state index is 0.00935. The summed E-state index contributed by atoms with van der Waals surface area (Å²) in [5.41, 5.74) is 0.876. The molecule has 21 heavy (non-hydrogen) atoms. The van der Waals surface area contributed by atoms with Crippen LogP contribution in [-0.4, -0.2) is 28.4 Å². The molecule has 1 N–H and O–H groups in total. The summed E-state index contributed by atoms with van der Waals surface area (Å²) in [6, 6.07) is 5.03. The van der Waals surface area contributed by atoms with Crippen molar-refractivity contribution >= 4 is 0 Å². The summed E-state index contributed by atoms with van der Waals surface area (Å²) in [7, 11) is 1.46. The number of rotatable bonds is 7. The molecule has 0 aliphatic rings.